The highest BCUT2D eigenvalue weighted by Gasteiger charge is 2.41. The van der Waals surface area contributed by atoms with Crippen LogP contribution in [0.4, 0.5) is 13.2 Å². The van der Waals surface area contributed by atoms with Gasteiger partial charge in [-0.05, 0) is 45.1 Å². The van der Waals surface area contributed by atoms with E-state index in [1.165, 1.54) is 11.8 Å². The lowest BCUT2D eigenvalue weighted by atomic mass is 10.2. The quantitative estimate of drug-likeness (QED) is 0.391. The molecule has 1 aliphatic rings. The van der Waals surface area contributed by atoms with E-state index in [0.717, 1.165) is 24.3 Å². The van der Waals surface area contributed by atoms with Crippen LogP contribution in [0.3, 0.4) is 0 Å². The molecule has 0 aliphatic carbocycles. The van der Waals surface area contributed by atoms with Crippen molar-refractivity contribution in [2.75, 3.05) is 60.5 Å². The van der Waals surface area contributed by atoms with E-state index in [0.29, 0.717) is 45.3 Å². The zero-order valence-corrected chi connectivity index (χ0v) is 18.4. The molecule has 0 aromatic heterocycles. The van der Waals surface area contributed by atoms with Crippen molar-refractivity contribution in [1.82, 2.24) is 20.0 Å². The number of alkyl halides is 3. The smallest absolute Gasteiger partial charge is 0.403 e. The SMILES string of the molecule is CN=C(NCc1ccc(OCCCN(C)C)cc1)N1CCN(C(C)C(F)(F)F)CC1. The maximum atomic E-state index is 12.9. The molecule has 1 heterocycles. The predicted octanol–water partition coefficient (Wildman–Crippen LogP) is 2.66. The number of rotatable bonds is 8. The highest BCUT2D eigenvalue weighted by Crippen LogP contribution is 2.25. The van der Waals surface area contributed by atoms with Gasteiger partial charge in [0.05, 0.1) is 6.61 Å². The Balaban J connectivity index is 1.77. The molecule has 0 bridgehead atoms. The van der Waals surface area contributed by atoms with Crippen LogP contribution < -0.4 is 10.1 Å². The standard InChI is InChI=1S/C21H34F3N5O/c1-17(21(22,23)24)28-11-13-29(14-12-28)20(25-2)26-16-18-6-8-19(9-7-18)30-15-5-10-27(3)4/h6-9,17H,5,10-16H2,1-4H3,(H,25,26). The van der Waals surface area contributed by atoms with Gasteiger partial charge in [0.15, 0.2) is 5.96 Å². The van der Waals surface area contributed by atoms with Gasteiger partial charge in [-0.25, -0.2) is 0 Å². The van der Waals surface area contributed by atoms with Crippen LogP contribution in [0.5, 0.6) is 5.75 Å². The molecular weight excluding hydrogens is 395 g/mol. The number of aliphatic imine (C=N–C) groups is 1. The maximum absolute atomic E-state index is 12.9. The zero-order chi connectivity index (χ0) is 22.1. The molecule has 1 aromatic rings. The number of benzene rings is 1. The van der Waals surface area contributed by atoms with Crippen molar-refractivity contribution in [3.05, 3.63) is 29.8 Å². The minimum Gasteiger partial charge on any atom is -0.494 e. The summed E-state index contributed by atoms with van der Waals surface area (Å²) in [5, 5.41) is 3.30. The van der Waals surface area contributed by atoms with Gasteiger partial charge in [-0.3, -0.25) is 9.89 Å². The summed E-state index contributed by atoms with van der Waals surface area (Å²) in [7, 11) is 5.77. The van der Waals surface area contributed by atoms with Crippen molar-refractivity contribution in [2.45, 2.75) is 32.1 Å². The first-order chi connectivity index (χ1) is 14.2. The van der Waals surface area contributed by atoms with Crippen LogP contribution in [0.15, 0.2) is 29.3 Å². The number of hydrogen-bond acceptors (Lipinski definition) is 4. The summed E-state index contributed by atoms with van der Waals surface area (Å²) in [6.45, 7) is 5.24. The minimum absolute atomic E-state index is 0.362. The second kappa shape index (κ2) is 11.4. The van der Waals surface area contributed by atoms with Crippen LogP contribution in [0.25, 0.3) is 0 Å². The fraction of sp³-hybridized carbons (Fsp3) is 0.667. The van der Waals surface area contributed by atoms with Crippen LogP contribution in [0, 0.1) is 0 Å². The monoisotopic (exact) mass is 429 g/mol. The molecule has 0 spiro atoms. The third kappa shape index (κ3) is 7.68. The summed E-state index contributed by atoms with van der Waals surface area (Å²) in [6.07, 6.45) is -3.22. The average Bonchev–Trinajstić information content (AvgIpc) is 2.72. The molecular formula is C21H34F3N5O. The first-order valence-electron chi connectivity index (χ1n) is 10.3. The van der Waals surface area contributed by atoms with Crippen molar-refractivity contribution < 1.29 is 17.9 Å². The number of ether oxygens (including phenoxy) is 1. The molecule has 0 radical (unpaired) electrons. The number of hydrogen-bond donors (Lipinski definition) is 1. The van der Waals surface area contributed by atoms with Crippen LogP contribution in [-0.4, -0.2) is 93.4 Å². The summed E-state index contributed by atoms with van der Waals surface area (Å²) >= 11 is 0. The molecule has 1 aliphatic heterocycles. The Labute approximate surface area is 177 Å². The molecule has 2 rings (SSSR count). The maximum Gasteiger partial charge on any atom is 0.403 e. The van der Waals surface area contributed by atoms with Crippen molar-refractivity contribution in [3.8, 4) is 5.75 Å². The van der Waals surface area contributed by atoms with E-state index in [-0.39, 0.29) is 0 Å². The van der Waals surface area contributed by atoms with Crippen LogP contribution in [0.2, 0.25) is 0 Å². The van der Waals surface area contributed by atoms with Crippen LogP contribution in [0.1, 0.15) is 18.9 Å². The minimum atomic E-state index is -4.19. The summed E-state index contributed by atoms with van der Waals surface area (Å²) in [6, 6.07) is 6.49. The molecule has 1 fully saturated rings. The van der Waals surface area contributed by atoms with Gasteiger partial charge in [-0.2, -0.15) is 13.2 Å². The van der Waals surface area contributed by atoms with E-state index in [2.05, 4.69) is 15.2 Å². The highest BCUT2D eigenvalue weighted by molar-refractivity contribution is 5.80. The Bertz CT molecular complexity index is 656. The lowest BCUT2D eigenvalue weighted by Gasteiger charge is -2.39. The Kier molecular flexibility index (Phi) is 9.23. The largest absolute Gasteiger partial charge is 0.494 e. The molecule has 1 N–H and O–H groups in total. The topological polar surface area (TPSA) is 43.3 Å². The van der Waals surface area contributed by atoms with Gasteiger partial charge < -0.3 is 19.9 Å². The van der Waals surface area contributed by atoms with Crippen molar-refractivity contribution in [2.24, 2.45) is 4.99 Å². The summed E-state index contributed by atoms with van der Waals surface area (Å²) in [4.78, 5) is 9.89. The van der Waals surface area contributed by atoms with Gasteiger partial charge in [-0.15, -0.1) is 0 Å². The number of nitrogens with zero attached hydrogens (tertiary/aromatic N) is 4. The molecule has 9 heteroatoms. The van der Waals surface area contributed by atoms with Gasteiger partial charge in [0, 0.05) is 46.3 Å². The molecule has 1 saturated heterocycles. The summed E-state index contributed by atoms with van der Waals surface area (Å²) < 4.78 is 44.5. The van der Waals surface area contributed by atoms with Gasteiger partial charge in [-0.1, -0.05) is 12.1 Å². The number of guanidine groups is 1. The summed E-state index contributed by atoms with van der Waals surface area (Å²) in [5.74, 6) is 1.55. The van der Waals surface area contributed by atoms with Crippen LogP contribution >= 0.6 is 0 Å². The Morgan fingerprint density at radius 1 is 1.17 bits per heavy atom. The molecule has 1 atom stereocenters. The van der Waals surface area contributed by atoms with E-state index in [9.17, 15) is 13.2 Å². The van der Waals surface area contributed by atoms with Crippen molar-refractivity contribution >= 4 is 5.96 Å². The lowest BCUT2D eigenvalue weighted by molar-refractivity contribution is -0.181. The second-order valence-corrected chi connectivity index (χ2v) is 7.79. The van der Waals surface area contributed by atoms with Gasteiger partial charge >= 0.3 is 6.18 Å². The molecule has 6 nitrogen and oxygen atoms in total. The van der Waals surface area contributed by atoms with Gasteiger partial charge in [0.1, 0.15) is 11.8 Å². The molecule has 1 unspecified atom stereocenters. The van der Waals surface area contributed by atoms with Crippen LogP contribution in [-0.2, 0) is 6.54 Å². The lowest BCUT2D eigenvalue weighted by Crippen LogP contribution is -2.56. The van der Waals surface area contributed by atoms with E-state index < -0.39 is 12.2 Å². The van der Waals surface area contributed by atoms with Gasteiger partial charge in [0.2, 0.25) is 0 Å². The molecule has 0 saturated carbocycles. The third-order valence-electron chi connectivity index (χ3n) is 5.24. The molecule has 30 heavy (non-hydrogen) atoms. The zero-order valence-electron chi connectivity index (χ0n) is 18.4. The summed E-state index contributed by atoms with van der Waals surface area (Å²) in [5.41, 5.74) is 1.08. The Hall–Kier alpha value is -2.00. The molecule has 1 aromatic carbocycles. The van der Waals surface area contributed by atoms with E-state index in [1.54, 1.807) is 7.05 Å². The molecule has 170 valence electrons. The van der Waals surface area contributed by atoms with Gasteiger partial charge in [0.25, 0.3) is 0 Å². The van der Waals surface area contributed by atoms with E-state index >= 15 is 0 Å². The van der Waals surface area contributed by atoms with E-state index in [4.69, 9.17) is 4.74 Å². The normalized spacial score (nSPS) is 17.3. The fourth-order valence-corrected chi connectivity index (χ4v) is 3.32. The Morgan fingerprint density at radius 2 is 1.80 bits per heavy atom. The number of halogens is 3. The fourth-order valence-electron chi connectivity index (χ4n) is 3.32. The number of piperazine rings is 1. The first kappa shape index (κ1) is 24.3. The average molecular weight is 430 g/mol. The Morgan fingerprint density at radius 3 is 2.33 bits per heavy atom. The first-order valence-corrected chi connectivity index (χ1v) is 10.3. The molecule has 0 amide bonds. The highest BCUT2D eigenvalue weighted by atomic mass is 19.4. The third-order valence-corrected chi connectivity index (χ3v) is 5.24. The second-order valence-electron chi connectivity index (χ2n) is 7.79. The van der Waals surface area contributed by atoms with Crippen molar-refractivity contribution in [1.29, 1.82) is 0 Å². The predicted molar refractivity (Wildman–Crippen MR) is 114 cm³/mol. The van der Waals surface area contributed by atoms with Crippen molar-refractivity contribution in [3.63, 3.8) is 0 Å². The van der Waals surface area contributed by atoms with E-state index in [1.807, 2.05) is 43.3 Å². The number of nitrogens with one attached hydrogen (secondary N) is 1.